The Balaban J connectivity index is 1.75. The van der Waals surface area contributed by atoms with E-state index in [4.69, 9.17) is 0 Å². The van der Waals surface area contributed by atoms with Crippen LogP contribution in [-0.4, -0.2) is 45.8 Å². The van der Waals surface area contributed by atoms with Crippen LogP contribution < -0.4 is 10.6 Å². The van der Waals surface area contributed by atoms with Crippen LogP contribution in [-0.2, 0) is 17.9 Å². The lowest BCUT2D eigenvalue weighted by molar-refractivity contribution is -0.146. The summed E-state index contributed by atoms with van der Waals surface area (Å²) >= 11 is 0. The van der Waals surface area contributed by atoms with E-state index >= 15 is 4.39 Å². The van der Waals surface area contributed by atoms with E-state index < -0.39 is 17.9 Å². The van der Waals surface area contributed by atoms with Gasteiger partial charge >= 0.3 is 0 Å². The topological polar surface area (TPSA) is 70.2 Å². The summed E-state index contributed by atoms with van der Waals surface area (Å²) in [5.41, 5.74) is -0.548. The number of fused-ring (bicyclic) bond motifs is 1. The molecule has 0 radical (unpaired) electrons. The number of rotatable bonds is 6. The summed E-state index contributed by atoms with van der Waals surface area (Å²) < 4.78 is 29.3. The first-order valence-electron chi connectivity index (χ1n) is 9.16. The van der Waals surface area contributed by atoms with Crippen molar-refractivity contribution < 1.29 is 13.6 Å². The number of nitrogens with zero attached hydrogens (tertiary/aromatic N) is 3. The number of carbonyl (C=O) groups is 1. The Morgan fingerprint density at radius 1 is 1.41 bits per heavy atom. The Morgan fingerprint density at radius 2 is 2.15 bits per heavy atom. The predicted molar refractivity (Wildman–Crippen MR) is 99.4 cm³/mol. The van der Waals surface area contributed by atoms with E-state index in [0.717, 1.165) is 0 Å². The summed E-state index contributed by atoms with van der Waals surface area (Å²) in [4.78, 5) is 22.9. The number of alkyl halides is 2. The Hall–Kier alpha value is -2.35. The van der Waals surface area contributed by atoms with Gasteiger partial charge in [-0.1, -0.05) is 24.8 Å². The fourth-order valence-electron chi connectivity index (χ4n) is 3.46. The van der Waals surface area contributed by atoms with Gasteiger partial charge in [0.25, 0.3) is 5.91 Å². The van der Waals surface area contributed by atoms with Crippen molar-refractivity contribution in [3.63, 3.8) is 0 Å². The van der Waals surface area contributed by atoms with E-state index in [2.05, 4.69) is 27.2 Å². The number of aromatic nitrogens is 2. The average molecular weight is 377 g/mol. The molecule has 146 valence electrons. The molecule has 1 saturated heterocycles. The number of hydrogen-bond acceptors (Lipinski definition) is 5. The molecule has 1 amide bonds. The molecular weight excluding hydrogens is 352 g/mol. The highest BCUT2D eigenvalue weighted by Crippen LogP contribution is 2.33. The lowest BCUT2D eigenvalue weighted by atomic mass is 9.93. The number of amides is 1. The van der Waals surface area contributed by atoms with Crippen molar-refractivity contribution in [2.75, 3.05) is 18.4 Å². The molecule has 2 aliphatic rings. The van der Waals surface area contributed by atoms with Crippen LogP contribution in [0.5, 0.6) is 0 Å². The summed E-state index contributed by atoms with van der Waals surface area (Å²) in [7, 11) is 0. The smallest absolute Gasteiger partial charge is 0.261 e. The van der Waals surface area contributed by atoms with Gasteiger partial charge in [-0.2, -0.15) is 0 Å². The lowest BCUT2D eigenvalue weighted by Crippen LogP contribution is -2.50. The van der Waals surface area contributed by atoms with E-state index in [0.29, 0.717) is 36.0 Å². The van der Waals surface area contributed by atoms with E-state index in [9.17, 15) is 9.18 Å². The Bertz CT molecular complexity index is 746. The molecule has 1 aromatic rings. The van der Waals surface area contributed by atoms with E-state index in [1.54, 1.807) is 25.2 Å². The van der Waals surface area contributed by atoms with Crippen molar-refractivity contribution in [2.24, 2.45) is 0 Å². The molecule has 8 heteroatoms. The normalized spacial score (nSPS) is 19.7. The maximum Gasteiger partial charge on any atom is 0.261 e. The highest BCUT2D eigenvalue weighted by Gasteiger charge is 2.44. The molecule has 1 aromatic heterocycles. The monoisotopic (exact) mass is 377 g/mol. The number of allylic oxidation sites excluding steroid dienone is 2. The van der Waals surface area contributed by atoms with Crippen LogP contribution in [0, 0.1) is 6.92 Å². The minimum atomic E-state index is -1.85. The molecule has 0 aliphatic carbocycles. The maximum absolute atomic E-state index is 15.0. The summed E-state index contributed by atoms with van der Waals surface area (Å²) in [6.07, 6.45) is 4.07. The standard InChI is InChI=1S/C19H25F2N5O/c1-3-4-5-6-16(20)25-17-14-11-26(12-15(14)23-13(2)24-17)18(27)19(21)7-9-22-10-8-19/h3-5,16,22H,1,6-12H2,2H3,(H,23,24,25)/b5-4-. The summed E-state index contributed by atoms with van der Waals surface area (Å²) in [5, 5.41) is 5.81. The molecule has 1 unspecified atom stereocenters. The molecule has 2 N–H and O–H groups in total. The Morgan fingerprint density at radius 3 is 2.85 bits per heavy atom. The quantitative estimate of drug-likeness (QED) is 0.589. The average Bonchev–Trinajstić information content (AvgIpc) is 3.06. The summed E-state index contributed by atoms with van der Waals surface area (Å²) in [5.74, 6) is 0.332. The number of piperidine rings is 1. The van der Waals surface area contributed by atoms with Crippen LogP contribution in [0.15, 0.2) is 24.8 Å². The van der Waals surface area contributed by atoms with Crippen LogP contribution in [0.1, 0.15) is 36.3 Å². The van der Waals surface area contributed by atoms with Crippen molar-refractivity contribution in [1.82, 2.24) is 20.2 Å². The molecule has 0 saturated carbocycles. The molecule has 3 heterocycles. The van der Waals surface area contributed by atoms with Gasteiger partial charge in [-0.25, -0.2) is 18.7 Å². The number of anilines is 1. The van der Waals surface area contributed by atoms with Crippen molar-refractivity contribution in [2.45, 2.75) is 51.2 Å². The third-order valence-electron chi connectivity index (χ3n) is 4.87. The minimum absolute atomic E-state index is 0.160. The van der Waals surface area contributed by atoms with E-state index in [-0.39, 0.29) is 32.4 Å². The van der Waals surface area contributed by atoms with Gasteiger partial charge in [0.15, 0.2) is 12.0 Å². The number of halogens is 2. The number of hydrogen-bond donors (Lipinski definition) is 2. The van der Waals surface area contributed by atoms with Crippen molar-refractivity contribution >= 4 is 11.7 Å². The van der Waals surface area contributed by atoms with Gasteiger partial charge in [0, 0.05) is 24.8 Å². The highest BCUT2D eigenvalue weighted by molar-refractivity contribution is 5.86. The molecule has 0 aromatic carbocycles. The van der Waals surface area contributed by atoms with Crippen LogP contribution in [0.4, 0.5) is 14.6 Å². The highest BCUT2D eigenvalue weighted by atomic mass is 19.1. The molecule has 27 heavy (non-hydrogen) atoms. The van der Waals surface area contributed by atoms with Crippen molar-refractivity contribution in [3.05, 3.63) is 41.9 Å². The Labute approximate surface area is 157 Å². The van der Waals surface area contributed by atoms with Gasteiger partial charge in [0.05, 0.1) is 18.8 Å². The zero-order chi connectivity index (χ0) is 19.4. The second kappa shape index (κ2) is 8.12. The zero-order valence-corrected chi connectivity index (χ0v) is 15.5. The van der Waals surface area contributed by atoms with Crippen LogP contribution >= 0.6 is 0 Å². The first-order valence-corrected chi connectivity index (χ1v) is 9.16. The fraction of sp³-hybridized carbons (Fsp3) is 0.526. The molecule has 6 nitrogen and oxygen atoms in total. The predicted octanol–water partition coefficient (Wildman–Crippen LogP) is 2.56. The van der Waals surface area contributed by atoms with Gasteiger partial charge < -0.3 is 15.5 Å². The number of nitrogens with one attached hydrogen (secondary N) is 2. The second-order valence-electron chi connectivity index (χ2n) is 6.93. The first-order chi connectivity index (χ1) is 12.9. The largest absolute Gasteiger partial charge is 0.340 e. The molecular formula is C19H25F2N5O. The van der Waals surface area contributed by atoms with E-state index in [1.165, 1.54) is 4.90 Å². The fourth-order valence-corrected chi connectivity index (χ4v) is 3.46. The van der Waals surface area contributed by atoms with Crippen LogP contribution in [0.3, 0.4) is 0 Å². The van der Waals surface area contributed by atoms with Crippen molar-refractivity contribution in [1.29, 1.82) is 0 Å². The molecule has 3 rings (SSSR count). The van der Waals surface area contributed by atoms with Gasteiger partial charge in [0.2, 0.25) is 0 Å². The maximum atomic E-state index is 15.0. The second-order valence-corrected chi connectivity index (χ2v) is 6.93. The molecule has 1 fully saturated rings. The molecule has 1 atom stereocenters. The lowest BCUT2D eigenvalue weighted by Gasteiger charge is -2.32. The molecule has 0 spiro atoms. The molecule has 0 bridgehead atoms. The summed E-state index contributed by atoms with van der Waals surface area (Å²) in [6, 6.07) is 0. The first kappa shape index (κ1) is 19.4. The van der Waals surface area contributed by atoms with Gasteiger partial charge in [-0.05, 0) is 20.0 Å². The number of aryl methyl sites for hydroxylation is 1. The van der Waals surface area contributed by atoms with Crippen LogP contribution in [0.2, 0.25) is 0 Å². The zero-order valence-electron chi connectivity index (χ0n) is 15.5. The minimum Gasteiger partial charge on any atom is -0.340 e. The van der Waals surface area contributed by atoms with Gasteiger partial charge in [0.1, 0.15) is 11.6 Å². The third-order valence-corrected chi connectivity index (χ3v) is 4.87. The van der Waals surface area contributed by atoms with Crippen molar-refractivity contribution in [3.8, 4) is 0 Å². The van der Waals surface area contributed by atoms with Crippen LogP contribution in [0.25, 0.3) is 0 Å². The van der Waals surface area contributed by atoms with E-state index in [1.807, 2.05) is 0 Å². The number of carbonyl (C=O) groups excluding carboxylic acids is 1. The third kappa shape index (κ3) is 4.32. The van der Waals surface area contributed by atoms with Gasteiger partial charge in [-0.3, -0.25) is 4.79 Å². The summed E-state index contributed by atoms with van der Waals surface area (Å²) in [6.45, 7) is 6.63. The van der Waals surface area contributed by atoms with Gasteiger partial charge in [-0.15, -0.1) is 0 Å². The SMILES string of the molecule is C=C/C=C\CC(F)Nc1nc(C)nc2c1CN(C(=O)C1(F)CCNCC1)C2. The Kier molecular flexibility index (Phi) is 5.84. The molecule has 2 aliphatic heterocycles.